The predicted octanol–water partition coefficient (Wildman–Crippen LogP) is 3.66. The second-order valence-corrected chi connectivity index (χ2v) is 8.59. The van der Waals surface area contributed by atoms with E-state index in [1.165, 1.54) is 0 Å². The first-order chi connectivity index (χ1) is 16.2. The average molecular weight is 446 g/mol. The van der Waals surface area contributed by atoms with Crippen molar-refractivity contribution >= 4 is 27.6 Å². The van der Waals surface area contributed by atoms with Gasteiger partial charge in [-0.25, -0.2) is 4.98 Å². The van der Waals surface area contributed by atoms with Gasteiger partial charge in [-0.15, -0.1) is 0 Å². The Kier molecular flexibility index (Phi) is 6.05. The highest BCUT2D eigenvalue weighted by Crippen LogP contribution is 2.28. The van der Waals surface area contributed by atoms with Gasteiger partial charge in [0.05, 0.1) is 12.8 Å². The van der Waals surface area contributed by atoms with Crippen LogP contribution in [-0.4, -0.2) is 59.3 Å². The maximum atomic E-state index is 13.3. The molecule has 0 amide bonds. The van der Waals surface area contributed by atoms with E-state index in [0.717, 1.165) is 79.2 Å². The molecule has 0 saturated carbocycles. The number of nitrogens with one attached hydrogen (secondary N) is 1. The molecule has 2 aromatic heterocycles. The van der Waals surface area contributed by atoms with Crippen molar-refractivity contribution in [3.05, 3.63) is 64.7 Å². The minimum absolute atomic E-state index is 0.0361. The van der Waals surface area contributed by atoms with Gasteiger partial charge in [-0.3, -0.25) is 14.3 Å². The first-order valence-electron chi connectivity index (χ1n) is 11.8. The quantitative estimate of drug-likeness (QED) is 0.470. The number of rotatable bonds is 7. The Morgan fingerprint density at radius 2 is 1.76 bits per heavy atom. The van der Waals surface area contributed by atoms with Gasteiger partial charge in [0, 0.05) is 50.0 Å². The molecule has 0 spiro atoms. The largest absolute Gasteiger partial charge is 0.495 e. The number of anilines is 1. The number of ether oxygens (including phenoxy) is 1. The zero-order valence-corrected chi connectivity index (χ0v) is 19.4. The highest BCUT2D eigenvalue weighted by Gasteiger charge is 2.20. The van der Waals surface area contributed by atoms with Gasteiger partial charge in [-0.05, 0) is 31.2 Å². The van der Waals surface area contributed by atoms with Gasteiger partial charge in [0.25, 0.3) is 5.56 Å². The van der Waals surface area contributed by atoms with Crippen molar-refractivity contribution in [1.29, 1.82) is 0 Å². The molecule has 1 saturated heterocycles. The van der Waals surface area contributed by atoms with Gasteiger partial charge in [-0.1, -0.05) is 37.3 Å². The Balaban J connectivity index is 1.25. The molecule has 1 aliphatic heterocycles. The lowest BCUT2D eigenvalue weighted by Crippen LogP contribution is -2.47. The standard InChI is InChI=1S/C26H31N5O2/c1-3-23-28-24-19-9-4-5-10-20(19)27-25(24)26(32)31(23)14-8-13-29-15-17-30(18-16-29)21-11-6-7-12-22(21)33-2/h4-7,9-12,27H,3,8,13-18H2,1-2H3. The zero-order chi connectivity index (χ0) is 22.8. The van der Waals surface area contributed by atoms with E-state index in [9.17, 15) is 4.79 Å². The van der Waals surface area contributed by atoms with Crippen LogP contribution in [0.1, 0.15) is 19.2 Å². The number of para-hydroxylation sites is 3. The summed E-state index contributed by atoms with van der Waals surface area (Å²) in [6.07, 6.45) is 1.66. The topological polar surface area (TPSA) is 66.4 Å². The van der Waals surface area contributed by atoms with Crippen LogP contribution in [0.4, 0.5) is 5.69 Å². The summed E-state index contributed by atoms with van der Waals surface area (Å²) >= 11 is 0. The second-order valence-electron chi connectivity index (χ2n) is 8.59. The fourth-order valence-electron chi connectivity index (χ4n) is 4.90. The zero-order valence-electron chi connectivity index (χ0n) is 19.4. The van der Waals surface area contributed by atoms with Crippen LogP contribution in [0.15, 0.2) is 53.3 Å². The van der Waals surface area contributed by atoms with Crippen LogP contribution in [0.25, 0.3) is 21.9 Å². The lowest BCUT2D eigenvalue weighted by atomic mass is 10.2. The molecule has 5 rings (SSSR count). The minimum atomic E-state index is 0.0361. The number of hydrogen-bond donors (Lipinski definition) is 1. The number of piperazine rings is 1. The Labute approximate surface area is 193 Å². The predicted molar refractivity (Wildman–Crippen MR) is 134 cm³/mol. The number of aryl methyl sites for hydroxylation is 1. The monoisotopic (exact) mass is 445 g/mol. The number of benzene rings is 2. The Hall–Kier alpha value is -3.32. The van der Waals surface area contributed by atoms with Gasteiger partial charge < -0.3 is 14.6 Å². The van der Waals surface area contributed by atoms with E-state index in [-0.39, 0.29) is 5.56 Å². The summed E-state index contributed by atoms with van der Waals surface area (Å²) in [7, 11) is 1.73. The molecule has 1 fully saturated rings. The van der Waals surface area contributed by atoms with E-state index >= 15 is 0 Å². The average Bonchev–Trinajstić information content (AvgIpc) is 3.24. The van der Waals surface area contributed by atoms with Crippen molar-refractivity contribution in [3.63, 3.8) is 0 Å². The van der Waals surface area contributed by atoms with Crippen molar-refractivity contribution in [2.75, 3.05) is 44.7 Å². The molecule has 33 heavy (non-hydrogen) atoms. The highest BCUT2D eigenvalue weighted by atomic mass is 16.5. The Morgan fingerprint density at radius 3 is 2.55 bits per heavy atom. The normalized spacial score (nSPS) is 14.9. The van der Waals surface area contributed by atoms with Crippen molar-refractivity contribution in [2.24, 2.45) is 0 Å². The smallest absolute Gasteiger partial charge is 0.277 e. The molecule has 1 N–H and O–H groups in total. The van der Waals surface area contributed by atoms with E-state index in [1.54, 1.807) is 7.11 Å². The molecule has 0 unspecified atom stereocenters. The summed E-state index contributed by atoms with van der Waals surface area (Å²) in [6, 6.07) is 16.2. The van der Waals surface area contributed by atoms with Crippen molar-refractivity contribution in [3.8, 4) is 5.75 Å². The number of aromatic nitrogens is 3. The molecule has 4 aromatic rings. The third-order valence-electron chi connectivity index (χ3n) is 6.66. The summed E-state index contributed by atoms with van der Waals surface area (Å²) in [5.41, 5.74) is 3.56. The first-order valence-corrected chi connectivity index (χ1v) is 11.8. The third kappa shape index (κ3) is 4.09. The van der Waals surface area contributed by atoms with Crippen molar-refractivity contribution < 1.29 is 4.74 Å². The Bertz CT molecular complexity index is 1320. The second kappa shape index (κ2) is 9.27. The van der Waals surface area contributed by atoms with Gasteiger partial charge >= 0.3 is 0 Å². The van der Waals surface area contributed by atoms with E-state index in [0.29, 0.717) is 12.1 Å². The summed E-state index contributed by atoms with van der Waals surface area (Å²) in [6.45, 7) is 7.69. The van der Waals surface area contributed by atoms with Crippen LogP contribution in [0.3, 0.4) is 0 Å². The fraction of sp³-hybridized carbons (Fsp3) is 0.385. The maximum Gasteiger partial charge on any atom is 0.277 e. The van der Waals surface area contributed by atoms with E-state index in [4.69, 9.17) is 9.72 Å². The molecule has 7 nitrogen and oxygen atoms in total. The number of nitrogens with zero attached hydrogens (tertiary/aromatic N) is 4. The first kappa shape index (κ1) is 21.5. The van der Waals surface area contributed by atoms with E-state index in [1.807, 2.05) is 41.0 Å². The summed E-state index contributed by atoms with van der Waals surface area (Å²) in [4.78, 5) is 26.3. The van der Waals surface area contributed by atoms with Crippen LogP contribution in [0, 0.1) is 0 Å². The summed E-state index contributed by atoms with van der Waals surface area (Å²) in [5, 5.41) is 1.01. The summed E-state index contributed by atoms with van der Waals surface area (Å²) in [5.74, 6) is 1.79. The van der Waals surface area contributed by atoms with Crippen LogP contribution in [0.2, 0.25) is 0 Å². The van der Waals surface area contributed by atoms with Crippen molar-refractivity contribution in [1.82, 2.24) is 19.4 Å². The molecule has 0 bridgehead atoms. The van der Waals surface area contributed by atoms with E-state index < -0.39 is 0 Å². The number of methoxy groups -OCH3 is 1. The number of H-pyrrole nitrogens is 1. The minimum Gasteiger partial charge on any atom is -0.495 e. The molecular formula is C26H31N5O2. The Morgan fingerprint density at radius 1 is 1.00 bits per heavy atom. The maximum absolute atomic E-state index is 13.3. The van der Waals surface area contributed by atoms with Gasteiger partial charge in [0.1, 0.15) is 22.6 Å². The van der Waals surface area contributed by atoms with Crippen LogP contribution in [0.5, 0.6) is 5.75 Å². The van der Waals surface area contributed by atoms with Crippen LogP contribution in [-0.2, 0) is 13.0 Å². The molecule has 2 aromatic carbocycles. The molecule has 1 aliphatic rings. The van der Waals surface area contributed by atoms with Gasteiger partial charge in [-0.2, -0.15) is 0 Å². The lowest BCUT2D eigenvalue weighted by Gasteiger charge is -2.36. The van der Waals surface area contributed by atoms with Gasteiger partial charge in [0.2, 0.25) is 0 Å². The van der Waals surface area contributed by atoms with E-state index in [2.05, 4.69) is 33.8 Å². The number of hydrogen-bond acceptors (Lipinski definition) is 5. The molecule has 7 heteroatoms. The molecular weight excluding hydrogens is 414 g/mol. The van der Waals surface area contributed by atoms with Crippen molar-refractivity contribution in [2.45, 2.75) is 26.3 Å². The molecule has 3 heterocycles. The molecule has 0 aliphatic carbocycles. The van der Waals surface area contributed by atoms with Crippen LogP contribution >= 0.6 is 0 Å². The number of fused-ring (bicyclic) bond motifs is 3. The highest BCUT2D eigenvalue weighted by molar-refractivity contribution is 6.04. The van der Waals surface area contributed by atoms with Crippen LogP contribution < -0.4 is 15.2 Å². The SMILES string of the molecule is CCc1nc2c([nH]c3ccccc32)c(=O)n1CCCN1CCN(c2ccccc2OC)CC1. The molecule has 0 radical (unpaired) electrons. The van der Waals surface area contributed by atoms with Gasteiger partial charge in [0.15, 0.2) is 0 Å². The number of aromatic amines is 1. The molecule has 172 valence electrons. The molecule has 0 atom stereocenters. The fourth-order valence-corrected chi connectivity index (χ4v) is 4.90. The summed E-state index contributed by atoms with van der Waals surface area (Å²) < 4.78 is 7.39. The third-order valence-corrected chi connectivity index (χ3v) is 6.66. The lowest BCUT2D eigenvalue weighted by molar-refractivity contribution is 0.249.